The van der Waals surface area contributed by atoms with Gasteiger partial charge in [0.2, 0.25) is 0 Å². The van der Waals surface area contributed by atoms with Crippen molar-refractivity contribution in [3.05, 3.63) is 60.8 Å². The van der Waals surface area contributed by atoms with Crippen LogP contribution in [0.15, 0.2) is 60.8 Å². The number of aliphatic hydroxyl groups excluding tert-OH is 1. The van der Waals surface area contributed by atoms with E-state index in [0.717, 1.165) is 77.0 Å². The van der Waals surface area contributed by atoms with E-state index >= 15 is 0 Å². The number of unbranched alkanes of at least 4 members (excludes halogenated alkanes) is 30. The number of hydrogen-bond acceptors (Lipinski definition) is 5. The third-order valence-corrected chi connectivity index (χ3v) is 11.6. The molecule has 0 amide bonds. The fourth-order valence-corrected chi connectivity index (χ4v) is 7.64. The number of carbonyl (C=O) groups is 2. The van der Waals surface area contributed by atoms with Crippen molar-refractivity contribution in [3.8, 4) is 0 Å². The maximum Gasteiger partial charge on any atom is 0.306 e. The van der Waals surface area contributed by atoms with Gasteiger partial charge in [-0.2, -0.15) is 0 Å². The number of hydrogen-bond donors (Lipinski definition) is 1. The molecule has 0 saturated carbocycles. The minimum Gasteiger partial charge on any atom is -0.462 e. The molecule has 5 heteroatoms. The van der Waals surface area contributed by atoms with Gasteiger partial charge in [-0.05, 0) is 57.8 Å². The Morgan fingerprint density at radius 1 is 0.393 bits per heavy atom. The van der Waals surface area contributed by atoms with Crippen LogP contribution < -0.4 is 0 Å². The summed E-state index contributed by atoms with van der Waals surface area (Å²) < 4.78 is 10.7. The van der Waals surface area contributed by atoms with Crippen LogP contribution in [0.25, 0.3) is 0 Å². The van der Waals surface area contributed by atoms with Gasteiger partial charge in [0.25, 0.3) is 0 Å². The molecule has 0 radical (unpaired) electrons. The Bertz CT molecular complexity index is 1060. The number of carbonyl (C=O) groups excluding carboxylic acids is 2. The summed E-state index contributed by atoms with van der Waals surface area (Å²) in [5.74, 6) is -0.594. The van der Waals surface area contributed by atoms with E-state index in [1.54, 1.807) is 0 Å². The molecule has 0 fully saturated rings. The summed E-state index contributed by atoms with van der Waals surface area (Å²) in [6.45, 7) is 4.05. The van der Waals surface area contributed by atoms with Gasteiger partial charge in [0.1, 0.15) is 6.61 Å². The molecule has 0 aromatic rings. The van der Waals surface area contributed by atoms with E-state index < -0.39 is 6.10 Å². The summed E-state index contributed by atoms with van der Waals surface area (Å²) in [6, 6.07) is 0. The van der Waals surface area contributed by atoms with Crippen LogP contribution in [-0.2, 0) is 19.1 Å². The molecule has 0 spiro atoms. The highest BCUT2D eigenvalue weighted by molar-refractivity contribution is 5.70. The zero-order valence-corrected chi connectivity index (χ0v) is 40.4. The molecule has 1 N–H and O–H groups in total. The van der Waals surface area contributed by atoms with Crippen molar-refractivity contribution in [2.45, 2.75) is 270 Å². The van der Waals surface area contributed by atoms with Gasteiger partial charge in [0, 0.05) is 12.8 Å². The van der Waals surface area contributed by atoms with Gasteiger partial charge in [-0.3, -0.25) is 9.59 Å². The first-order chi connectivity index (χ1) is 30.1. The smallest absolute Gasteiger partial charge is 0.306 e. The number of ether oxygens (including phenoxy) is 2. The molecule has 61 heavy (non-hydrogen) atoms. The number of allylic oxidation sites excluding steroid dienone is 10. The third-order valence-electron chi connectivity index (χ3n) is 11.6. The van der Waals surface area contributed by atoms with Crippen LogP contribution in [0.3, 0.4) is 0 Å². The standard InChI is InChI=1S/C56H100O5/c1-3-5-7-9-11-13-15-17-19-21-23-25-27-29-30-32-34-36-38-40-42-44-46-48-50-55(58)60-53-54(52-57)61-56(59)51-49-47-45-43-41-39-37-35-33-31-28-26-24-22-20-18-16-14-12-10-8-6-4-2/h6,8,12,14,18,20,24,26,31,33,54,57H,3-5,7,9-11,13,15-17,19,21-23,25,27-30,32,34-53H2,1-2H3/b8-6-,14-12-,20-18-,26-24-,33-31-. The van der Waals surface area contributed by atoms with E-state index in [1.807, 2.05) is 0 Å². The summed E-state index contributed by atoms with van der Waals surface area (Å²) in [4.78, 5) is 24.5. The SMILES string of the molecule is CC/C=C\C/C=C\C/C=C\C/C=C\C/C=C\CCCCCCCCCC(=O)OC(CO)COC(=O)CCCCCCCCCCCCCCCCCCCCCCCCCC. The summed E-state index contributed by atoms with van der Waals surface area (Å²) in [6.07, 6.45) is 68.9. The summed E-state index contributed by atoms with van der Waals surface area (Å²) in [7, 11) is 0. The first-order valence-electron chi connectivity index (χ1n) is 26.3. The highest BCUT2D eigenvalue weighted by Gasteiger charge is 2.16. The van der Waals surface area contributed by atoms with Crippen molar-refractivity contribution in [1.82, 2.24) is 0 Å². The zero-order chi connectivity index (χ0) is 44.2. The van der Waals surface area contributed by atoms with Crippen LogP contribution in [0.5, 0.6) is 0 Å². The zero-order valence-electron chi connectivity index (χ0n) is 40.4. The molecule has 0 rings (SSSR count). The van der Waals surface area contributed by atoms with Crippen molar-refractivity contribution < 1.29 is 24.2 Å². The van der Waals surface area contributed by atoms with E-state index in [2.05, 4.69) is 74.6 Å². The largest absolute Gasteiger partial charge is 0.462 e. The molecule has 1 atom stereocenters. The molecule has 0 aliphatic heterocycles. The van der Waals surface area contributed by atoms with Gasteiger partial charge in [0.15, 0.2) is 6.10 Å². The Labute approximate surface area is 379 Å². The van der Waals surface area contributed by atoms with Crippen LogP contribution >= 0.6 is 0 Å². The molecular formula is C56H100O5. The maximum atomic E-state index is 12.3. The lowest BCUT2D eigenvalue weighted by atomic mass is 10.0. The topological polar surface area (TPSA) is 72.8 Å². The molecule has 0 aliphatic rings. The molecule has 0 bridgehead atoms. The lowest BCUT2D eigenvalue weighted by molar-refractivity contribution is -0.161. The Kier molecular flexibility index (Phi) is 49.9. The second-order valence-corrected chi connectivity index (χ2v) is 17.6. The van der Waals surface area contributed by atoms with Crippen molar-refractivity contribution in [2.75, 3.05) is 13.2 Å². The number of rotatable bonds is 48. The molecule has 0 saturated heterocycles. The van der Waals surface area contributed by atoms with Crippen LogP contribution in [-0.4, -0.2) is 36.4 Å². The van der Waals surface area contributed by atoms with E-state index in [4.69, 9.17) is 9.47 Å². The predicted molar refractivity (Wildman–Crippen MR) is 265 cm³/mol. The van der Waals surface area contributed by atoms with E-state index in [-0.39, 0.29) is 25.2 Å². The minimum atomic E-state index is -0.779. The quantitative estimate of drug-likeness (QED) is 0.0375. The maximum absolute atomic E-state index is 12.3. The van der Waals surface area contributed by atoms with Gasteiger partial charge in [-0.15, -0.1) is 0 Å². The first-order valence-corrected chi connectivity index (χ1v) is 26.3. The highest BCUT2D eigenvalue weighted by Crippen LogP contribution is 2.16. The fraction of sp³-hybridized carbons (Fsp3) is 0.786. The molecule has 5 nitrogen and oxygen atoms in total. The molecule has 0 aromatic carbocycles. The molecule has 0 aliphatic carbocycles. The van der Waals surface area contributed by atoms with Gasteiger partial charge in [-0.1, -0.05) is 254 Å². The lowest BCUT2D eigenvalue weighted by Crippen LogP contribution is -2.28. The Morgan fingerprint density at radius 2 is 0.705 bits per heavy atom. The van der Waals surface area contributed by atoms with Crippen LogP contribution in [0.1, 0.15) is 264 Å². The van der Waals surface area contributed by atoms with Crippen LogP contribution in [0, 0.1) is 0 Å². The minimum absolute atomic E-state index is 0.0693. The summed E-state index contributed by atoms with van der Waals surface area (Å²) >= 11 is 0. The Balaban J connectivity index is 3.50. The van der Waals surface area contributed by atoms with Gasteiger partial charge in [0.05, 0.1) is 6.61 Å². The monoisotopic (exact) mass is 853 g/mol. The second kappa shape index (κ2) is 51.9. The normalized spacial score (nSPS) is 12.6. The molecule has 1 unspecified atom stereocenters. The molecule has 354 valence electrons. The van der Waals surface area contributed by atoms with Gasteiger partial charge >= 0.3 is 11.9 Å². The molecule has 0 aromatic heterocycles. The van der Waals surface area contributed by atoms with Crippen molar-refractivity contribution in [2.24, 2.45) is 0 Å². The lowest BCUT2D eigenvalue weighted by Gasteiger charge is -2.15. The van der Waals surface area contributed by atoms with Crippen LogP contribution in [0.2, 0.25) is 0 Å². The number of esters is 2. The summed E-state index contributed by atoms with van der Waals surface area (Å²) in [5, 5.41) is 9.63. The third kappa shape index (κ3) is 50.1. The Hall–Kier alpha value is -2.40. The van der Waals surface area contributed by atoms with Gasteiger partial charge in [-0.25, -0.2) is 0 Å². The average molecular weight is 853 g/mol. The van der Waals surface area contributed by atoms with Gasteiger partial charge < -0.3 is 14.6 Å². The molecular weight excluding hydrogens is 753 g/mol. The highest BCUT2D eigenvalue weighted by atomic mass is 16.6. The predicted octanol–water partition coefficient (Wildman–Crippen LogP) is 17.5. The number of aliphatic hydroxyl groups is 1. The average Bonchev–Trinajstić information content (AvgIpc) is 3.26. The molecule has 0 heterocycles. The van der Waals surface area contributed by atoms with E-state index in [1.165, 1.54) is 161 Å². The Morgan fingerprint density at radius 3 is 1.07 bits per heavy atom. The van der Waals surface area contributed by atoms with E-state index in [0.29, 0.717) is 12.8 Å². The second-order valence-electron chi connectivity index (χ2n) is 17.6. The van der Waals surface area contributed by atoms with Crippen molar-refractivity contribution in [3.63, 3.8) is 0 Å². The van der Waals surface area contributed by atoms with Crippen molar-refractivity contribution >= 4 is 11.9 Å². The van der Waals surface area contributed by atoms with Crippen LogP contribution in [0.4, 0.5) is 0 Å². The van der Waals surface area contributed by atoms with E-state index in [9.17, 15) is 14.7 Å². The summed E-state index contributed by atoms with van der Waals surface area (Å²) in [5.41, 5.74) is 0. The first kappa shape index (κ1) is 58.6. The fourth-order valence-electron chi connectivity index (χ4n) is 7.64. The van der Waals surface area contributed by atoms with Crippen molar-refractivity contribution in [1.29, 1.82) is 0 Å².